The number of hydrogen-bond acceptors (Lipinski definition) is 5. The summed E-state index contributed by atoms with van der Waals surface area (Å²) >= 11 is 7.50. The first-order valence-corrected chi connectivity index (χ1v) is 9.24. The molecule has 0 saturated heterocycles. The summed E-state index contributed by atoms with van der Waals surface area (Å²) in [7, 11) is 0. The van der Waals surface area contributed by atoms with Crippen molar-refractivity contribution in [3.8, 4) is 0 Å². The second kappa shape index (κ2) is 6.93. The van der Waals surface area contributed by atoms with Crippen LogP contribution in [0.4, 0.5) is 0 Å². The molecule has 0 aliphatic heterocycles. The van der Waals surface area contributed by atoms with E-state index < -0.39 is 0 Å². The Bertz CT molecular complexity index is 1150. The highest BCUT2D eigenvalue weighted by Crippen LogP contribution is 2.23. The van der Waals surface area contributed by atoms with E-state index in [1.807, 2.05) is 22.9 Å². The molecule has 6 nitrogen and oxygen atoms in total. The lowest BCUT2D eigenvalue weighted by atomic mass is 10.2. The highest BCUT2D eigenvalue weighted by Gasteiger charge is 2.12. The molecule has 4 aromatic rings. The van der Waals surface area contributed by atoms with E-state index in [0.717, 1.165) is 5.69 Å². The molecule has 0 fully saturated rings. The maximum atomic E-state index is 12.8. The van der Waals surface area contributed by atoms with Crippen LogP contribution in [0.1, 0.15) is 5.69 Å². The van der Waals surface area contributed by atoms with Gasteiger partial charge in [-0.05, 0) is 24.3 Å². The average Bonchev–Trinajstić information content (AvgIpc) is 3.05. The Hall–Kier alpha value is -2.64. The number of nitrogens with zero attached hydrogens (tertiary/aromatic N) is 5. The number of rotatable bonds is 5. The van der Waals surface area contributed by atoms with Gasteiger partial charge in [-0.15, -0.1) is 6.58 Å². The number of thioether (sulfide) groups is 1. The molecule has 3 aromatic heterocycles. The van der Waals surface area contributed by atoms with Crippen molar-refractivity contribution in [1.82, 2.24) is 23.9 Å². The van der Waals surface area contributed by atoms with Crippen LogP contribution in [0.3, 0.4) is 0 Å². The van der Waals surface area contributed by atoms with Crippen molar-refractivity contribution in [1.29, 1.82) is 0 Å². The lowest BCUT2D eigenvalue weighted by Crippen LogP contribution is -2.22. The molecule has 0 atom stereocenters. The zero-order valence-electron chi connectivity index (χ0n) is 13.7. The summed E-state index contributed by atoms with van der Waals surface area (Å²) in [5.41, 5.74) is 1.34. The SMILES string of the molecule is C=CCn1c(SCc2cn3cccnc3n2)nc2cc(Cl)ccc2c1=O. The molecule has 4 rings (SSSR count). The second-order valence-corrected chi connectivity index (χ2v) is 6.99. The molecular weight excluding hydrogens is 370 g/mol. The third-order valence-corrected chi connectivity index (χ3v) is 5.07. The standard InChI is InChI=1S/C18H14ClN5OS/c1-2-7-24-16(25)14-5-4-12(19)9-15(14)22-18(24)26-11-13-10-23-8-3-6-20-17(23)21-13/h2-6,8-10H,1,7,11H2. The molecule has 0 unspecified atom stereocenters. The molecule has 0 bridgehead atoms. The Balaban J connectivity index is 1.73. The molecule has 0 aliphatic rings. The van der Waals surface area contributed by atoms with Crippen molar-refractivity contribution in [2.45, 2.75) is 17.5 Å². The van der Waals surface area contributed by atoms with Crippen molar-refractivity contribution in [2.24, 2.45) is 0 Å². The van der Waals surface area contributed by atoms with Crippen molar-refractivity contribution in [2.75, 3.05) is 0 Å². The smallest absolute Gasteiger partial charge is 0.262 e. The van der Waals surface area contributed by atoms with Gasteiger partial charge in [0.2, 0.25) is 5.78 Å². The number of benzene rings is 1. The third kappa shape index (κ3) is 3.11. The molecule has 3 heterocycles. The van der Waals surface area contributed by atoms with Crippen LogP contribution in [0.25, 0.3) is 16.7 Å². The molecule has 0 saturated carbocycles. The Morgan fingerprint density at radius 1 is 1.31 bits per heavy atom. The van der Waals surface area contributed by atoms with Gasteiger partial charge in [-0.2, -0.15) is 0 Å². The normalized spacial score (nSPS) is 11.3. The molecule has 0 N–H and O–H groups in total. The third-order valence-electron chi connectivity index (χ3n) is 3.83. The van der Waals surface area contributed by atoms with Gasteiger partial charge in [0.05, 0.1) is 16.6 Å². The van der Waals surface area contributed by atoms with Crippen molar-refractivity contribution >= 4 is 40.0 Å². The van der Waals surface area contributed by atoms with E-state index in [1.165, 1.54) is 11.8 Å². The van der Waals surface area contributed by atoms with Crippen LogP contribution >= 0.6 is 23.4 Å². The molecule has 0 amide bonds. The fourth-order valence-corrected chi connectivity index (χ4v) is 3.72. The first kappa shape index (κ1) is 16.8. The van der Waals surface area contributed by atoms with E-state index in [0.29, 0.717) is 39.2 Å². The Morgan fingerprint density at radius 2 is 2.19 bits per heavy atom. The van der Waals surface area contributed by atoms with Crippen LogP contribution in [-0.2, 0) is 12.3 Å². The predicted octanol–water partition coefficient (Wildman–Crippen LogP) is 3.57. The van der Waals surface area contributed by atoms with Crippen molar-refractivity contribution in [3.05, 3.63) is 76.6 Å². The van der Waals surface area contributed by atoms with E-state index >= 15 is 0 Å². The predicted molar refractivity (Wildman–Crippen MR) is 104 cm³/mol. The Labute approximate surface area is 158 Å². The van der Waals surface area contributed by atoms with Gasteiger partial charge in [0.25, 0.3) is 5.56 Å². The van der Waals surface area contributed by atoms with Gasteiger partial charge in [0, 0.05) is 35.9 Å². The van der Waals surface area contributed by atoms with Gasteiger partial charge in [-0.25, -0.2) is 15.0 Å². The maximum absolute atomic E-state index is 12.8. The molecule has 26 heavy (non-hydrogen) atoms. The largest absolute Gasteiger partial charge is 0.291 e. The summed E-state index contributed by atoms with van der Waals surface area (Å²) in [6, 6.07) is 6.95. The minimum absolute atomic E-state index is 0.106. The number of imidazole rings is 1. The number of fused-ring (bicyclic) bond motifs is 2. The summed E-state index contributed by atoms with van der Waals surface area (Å²) in [6.45, 7) is 4.13. The van der Waals surface area contributed by atoms with Crippen molar-refractivity contribution < 1.29 is 0 Å². The van der Waals surface area contributed by atoms with Crippen LogP contribution < -0.4 is 5.56 Å². The summed E-state index contributed by atoms with van der Waals surface area (Å²) in [5, 5.41) is 1.69. The minimum Gasteiger partial charge on any atom is -0.291 e. The van der Waals surface area contributed by atoms with Gasteiger partial charge in [0.15, 0.2) is 5.16 Å². The average molecular weight is 384 g/mol. The first-order chi connectivity index (χ1) is 12.7. The maximum Gasteiger partial charge on any atom is 0.262 e. The second-order valence-electron chi connectivity index (χ2n) is 5.61. The van der Waals surface area contributed by atoms with Gasteiger partial charge >= 0.3 is 0 Å². The lowest BCUT2D eigenvalue weighted by molar-refractivity contribution is 0.671. The number of hydrogen-bond donors (Lipinski definition) is 0. The summed E-state index contributed by atoms with van der Waals surface area (Å²) < 4.78 is 3.47. The molecule has 130 valence electrons. The van der Waals surface area contributed by atoms with Crippen LogP contribution in [0.2, 0.25) is 5.02 Å². The first-order valence-electron chi connectivity index (χ1n) is 7.88. The zero-order valence-corrected chi connectivity index (χ0v) is 15.2. The number of halogens is 1. The fraction of sp³-hybridized carbons (Fsp3) is 0.111. The fourth-order valence-electron chi connectivity index (χ4n) is 2.66. The summed E-state index contributed by atoms with van der Waals surface area (Å²) in [4.78, 5) is 26.1. The van der Waals surface area contributed by atoms with Crippen LogP contribution in [0.5, 0.6) is 0 Å². The van der Waals surface area contributed by atoms with E-state index in [-0.39, 0.29) is 5.56 Å². The van der Waals surface area contributed by atoms with Gasteiger partial charge in [0.1, 0.15) is 0 Å². The van der Waals surface area contributed by atoms with Crippen LogP contribution in [-0.4, -0.2) is 23.9 Å². The molecule has 0 aliphatic carbocycles. The van der Waals surface area contributed by atoms with E-state index in [1.54, 1.807) is 35.0 Å². The van der Waals surface area contributed by atoms with Crippen LogP contribution in [0.15, 0.2) is 65.5 Å². The van der Waals surface area contributed by atoms with Crippen LogP contribution in [0, 0.1) is 0 Å². The molecular formula is C18H14ClN5OS. The minimum atomic E-state index is -0.106. The highest BCUT2D eigenvalue weighted by molar-refractivity contribution is 7.98. The number of allylic oxidation sites excluding steroid dienone is 1. The molecule has 8 heteroatoms. The van der Waals surface area contributed by atoms with E-state index in [9.17, 15) is 4.79 Å². The van der Waals surface area contributed by atoms with E-state index in [4.69, 9.17) is 11.6 Å². The Kier molecular flexibility index (Phi) is 4.48. The highest BCUT2D eigenvalue weighted by atomic mass is 35.5. The van der Waals surface area contributed by atoms with Crippen molar-refractivity contribution in [3.63, 3.8) is 0 Å². The quantitative estimate of drug-likeness (QED) is 0.299. The summed E-state index contributed by atoms with van der Waals surface area (Å²) in [6.07, 6.45) is 7.20. The van der Waals surface area contributed by atoms with Gasteiger partial charge in [-0.1, -0.05) is 29.4 Å². The Morgan fingerprint density at radius 3 is 3.00 bits per heavy atom. The topological polar surface area (TPSA) is 65.1 Å². The molecule has 0 radical (unpaired) electrons. The summed E-state index contributed by atoms with van der Waals surface area (Å²) in [5.74, 6) is 1.21. The number of aromatic nitrogens is 5. The zero-order chi connectivity index (χ0) is 18.1. The van der Waals surface area contributed by atoms with Gasteiger partial charge < -0.3 is 0 Å². The lowest BCUT2D eigenvalue weighted by Gasteiger charge is -2.11. The molecule has 1 aromatic carbocycles. The molecule has 0 spiro atoms. The van der Waals surface area contributed by atoms with Gasteiger partial charge in [-0.3, -0.25) is 13.8 Å². The monoisotopic (exact) mass is 383 g/mol. The van der Waals surface area contributed by atoms with E-state index in [2.05, 4.69) is 21.5 Å².